The Balaban J connectivity index is 2.53. The summed E-state index contributed by atoms with van der Waals surface area (Å²) in [6, 6.07) is 14.8. The number of rotatable bonds is 3. The lowest BCUT2D eigenvalue weighted by Gasteiger charge is -2.04. The summed E-state index contributed by atoms with van der Waals surface area (Å²) in [7, 11) is -3.84. The van der Waals surface area contributed by atoms with Crippen LogP contribution in [-0.2, 0) is 9.84 Å². The maximum absolute atomic E-state index is 12.5. The normalized spacial score (nSPS) is 12.0. The van der Waals surface area contributed by atoms with Gasteiger partial charge in [-0.05, 0) is 48.4 Å². The standard InChI is InChI=1S/C16H12ClNO2S/c1-12-4-2-3-5-13(12)10-16(11-18)21(19,20)15-8-6-14(17)7-9-15/h2-10H,1H3. The molecule has 2 aromatic rings. The predicted octanol–water partition coefficient (Wildman–Crippen LogP) is 3.99. The fourth-order valence-corrected chi connectivity index (χ4v) is 3.08. The molecule has 0 heterocycles. The molecule has 0 saturated heterocycles. The molecule has 0 atom stereocenters. The van der Waals surface area contributed by atoms with E-state index in [9.17, 15) is 13.7 Å². The van der Waals surface area contributed by atoms with E-state index in [1.165, 1.54) is 30.3 Å². The second-order valence-corrected chi connectivity index (χ2v) is 6.79. The third kappa shape index (κ3) is 3.33. The van der Waals surface area contributed by atoms with E-state index < -0.39 is 9.84 Å². The Hall–Kier alpha value is -2.09. The molecule has 0 N–H and O–H groups in total. The number of hydrogen-bond donors (Lipinski definition) is 0. The minimum atomic E-state index is -3.84. The second-order valence-electron chi connectivity index (χ2n) is 4.43. The zero-order valence-corrected chi connectivity index (χ0v) is 12.8. The van der Waals surface area contributed by atoms with Crippen LogP contribution < -0.4 is 0 Å². The highest BCUT2D eigenvalue weighted by Gasteiger charge is 2.20. The summed E-state index contributed by atoms with van der Waals surface area (Å²) >= 11 is 5.75. The number of halogens is 1. The first kappa shape index (κ1) is 15.3. The molecule has 0 saturated carbocycles. The minimum absolute atomic E-state index is 0.0493. The van der Waals surface area contributed by atoms with Crippen molar-refractivity contribution in [3.05, 3.63) is 69.6 Å². The van der Waals surface area contributed by atoms with Crippen LogP contribution in [0.1, 0.15) is 11.1 Å². The van der Waals surface area contributed by atoms with Crippen molar-refractivity contribution in [1.29, 1.82) is 5.26 Å². The molecule has 0 radical (unpaired) electrons. The van der Waals surface area contributed by atoms with Gasteiger partial charge < -0.3 is 0 Å². The van der Waals surface area contributed by atoms with Crippen LogP contribution >= 0.6 is 11.6 Å². The van der Waals surface area contributed by atoms with Crippen LogP contribution in [0.3, 0.4) is 0 Å². The molecule has 0 aliphatic rings. The highest BCUT2D eigenvalue weighted by molar-refractivity contribution is 7.95. The van der Waals surface area contributed by atoms with Gasteiger partial charge in [0.05, 0.1) is 4.90 Å². The highest BCUT2D eigenvalue weighted by atomic mass is 35.5. The van der Waals surface area contributed by atoms with Crippen LogP contribution in [0.25, 0.3) is 6.08 Å². The summed E-state index contributed by atoms with van der Waals surface area (Å²) in [4.78, 5) is -0.243. The Morgan fingerprint density at radius 2 is 1.76 bits per heavy atom. The Bertz CT molecular complexity index is 831. The van der Waals surface area contributed by atoms with E-state index in [1.807, 2.05) is 19.1 Å². The quantitative estimate of drug-likeness (QED) is 0.804. The van der Waals surface area contributed by atoms with E-state index in [1.54, 1.807) is 18.2 Å². The van der Waals surface area contributed by atoms with Gasteiger partial charge >= 0.3 is 0 Å². The Morgan fingerprint density at radius 1 is 1.14 bits per heavy atom. The summed E-state index contributed by atoms with van der Waals surface area (Å²) in [5, 5.41) is 9.65. The van der Waals surface area contributed by atoms with Gasteiger partial charge in [0.2, 0.25) is 9.84 Å². The molecule has 2 rings (SSSR count). The number of sulfone groups is 1. The van der Waals surface area contributed by atoms with Crippen molar-refractivity contribution in [2.75, 3.05) is 0 Å². The molecule has 0 aromatic heterocycles. The minimum Gasteiger partial charge on any atom is -0.218 e. The average molecular weight is 318 g/mol. The predicted molar refractivity (Wildman–Crippen MR) is 83.4 cm³/mol. The second kappa shape index (κ2) is 6.13. The van der Waals surface area contributed by atoms with Gasteiger partial charge in [0.1, 0.15) is 11.0 Å². The van der Waals surface area contributed by atoms with Crippen molar-refractivity contribution in [2.45, 2.75) is 11.8 Å². The van der Waals surface area contributed by atoms with Gasteiger partial charge in [0.25, 0.3) is 0 Å². The van der Waals surface area contributed by atoms with Crippen LogP contribution in [0.5, 0.6) is 0 Å². The molecular weight excluding hydrogens is 306 g/mol. The van der Waals surface area contributed by atoms with Gasteiger partial charge in [0.15, 0.2) is 0 Å². The molecule has 106 valence electrons. The van der Waals surface area contributed by atoms with E-state index in [2.05, 4.69) is 0 Å². The zero-order valence-electron chi connectivity index (χ0n) is 11.2. The zero-order chi connectivity index (χ0) is 15.5. The lowest BCUT2D eigenvalue weighted by Crippen LogP contribution is -2.03. The summed E-state index contributed by atoms with van der Waals surface area (Å²) < 4.78 is 24.9. The third-order valence-electron chi connectivity index (χ3n) is 3.00. The van der Waals surface area contributed by atoms with Crippen LogP contribution in [0.2, 0.25) is 5.02 Å². The Kier molecular flexibility index (Phi) is 4.46. The number of nitriles is 1. The van der Waals surface area contributed by atoms with E-state index >= 15 is 0 Å². The highest BCUT2D eigenvalue weighted by Crippen LogP contribution is 2.23. The van der Waals surface area contributed by atoms with Crippen LogP contribution in [0, 0.1) is 18.3 Å². The van der Waals surface area contributed by atoms with E-state index in [0.717, 1.165) is 5.56 Å². The topological polar surface area (TPSA) is 57.9 Å². The van der Waals surface area contributed by atoms with Crippen LogP contribution in [0.15, 0.2) is 58.3 Å². The number of aryl methyl sites for hydroxylation is 1. The Morgan fingerprint density at radius 3 is 2.33 bits per heavy atom. The molecule has 0 aliphatic heterocycles. The molecule has 2 aromatic carbocycles. The molecule has 0 fully saturated rings. The van der Waals surface area contributed by atoms with Crippen molar-refractivity contribution < 1.29 is 8.42 Å². The van der Waals surface area contributed by atoms with E-state index in [0.29, 0.717) is 10.6 Å². The molecule has 21 heavy (non-hydrogen) atoms. The first-order chi connectivity index (χ1) is 9.95. The monoisotopic (exact) mass is 317 g/mol. The number of hydrogen-bond acceptors (Lipinski definition) is 3. The summed E-state index contributed by atoms with van der Waals surface area (Å²) in [5.74, 6) is 0. The van der Waals surface area contributed by atoms with Crippen molar-refractivity contribution in [1.82, 2.24) is 0 Å². The van der Waals surface area contributed by atoms with Crippen LogP contribution in [0.4, 0.5) is 0 Å². The summed E-state index contributed by atoms with van der Waals surface area (Å²) in [6.07, 6.45) is 1.39. The molecule has 0 unspecified atom stereocenters. The molecule has 5 heteroatoms. The summed E-state index contributed by atoms with van der Waals surface area (Å²) in [6.45, 7) is 1.86. The lowest BCUT2D eigenvalue weighted by molar-refractivity contribution is 0.603. The number of allylic oxidation sites excluding steroid dienone is 1. The number of benzene rings is 2. The van der Waals surface area contributed by atoms with Gasteiger partial charge in [0, 0.05) is 5.02 Å². The number of nitrogens with zero attached hydrogens (tertiary/aromatic N) is 1. The molecule has 0 bridgehead atoms. The first-order valence-electron chi connectivity index (χ1n) is 6.13. The van der Waals surface area contributed by atoms with Crippen molar-refractivity contribution in [3.8, 4) is 6.07 Å². The van der Waals surface area contributed by atoms with E-state index in [-0.39, 0.29) is 9.80 Å². The fraction of sp³-hybridized carbons (Fsp3) is 0.0625. The molecule has 3 nitrogen and oxygen atoms in total. The van der Waals surface area contributed by atoms with Crippen LogP contribution in [-0.4, -0.2) is 8.42 Å². The maximum atomic E-state index is 12.5. The molecule has 0 spiro atoms. The van der Waals surface area contributed by atoms with Gasteiger partial charge in [-0.2, -0.15) is 5.26 Å². The lowest BCUT2D eigenvalue weighted by atomic mass is 10.1. The molecular formula is C16H12ClNO2S. The largest absolute Gasteiger partial charge is 0.218 e. The fourth-order valence-electron chi connectivity index (χ4n) is 1.80. The van der Waals surface area contributed by atoms with Gasteiger partial charge in [-0.25, -0.2) is 8.42 Å². The van der Waals surface area contributed by atoms with Gasteiger partial charge in [-0.1, -0.05) is 35.9 Å². The SMILES string of the molecule is Cc1ccccc1C=C(C#N)S(=O)(=O)c1ccc(Cl)cc1. The first-order valence-corrected chi connectivity index (χ1v) is 7.99. The molecule has 0 aliphatic carbocycles. The molecule has 0 amide bonds. The smallest absolute Gasteiger partial charge is 0.216 e. The van der Waals surface area contributed by atoms with E-state index in [4.69, 9.17) is 11.6 Å². The Labute approximate surface area is 129 Å². The van der Waals surface area contributed by atoms with Gasteiger partial charge in [-0.3, -0.25) is 0 Å². The van der Waals surface area contributed by atoms with Crippen molar-refractivity contribution in [2.24, 2.45) is 0 Å². The van der Waals surface area contributed by atoms with Crippen molar-refractivity contribution in [3.63, 3.8) is 0 Å². The van der Waals surface area contributed by atoms with Gasteiger partial charge in [-0.15, -0.1) is 0 Å². The maximum Gasteiger partial charge on any atom is 0.216 e. The van der Waals surface area contributed by atoms with Crippen molar-refractivity contribution >= 4 is 27.5 Å². The summed E-state index contributed by atoms with van der Waals surface area (Å²) in [5.41, 5.74) is 1.60. The average Bonchev–Trinajstić information content (AvgIpc) is 2.46. The third-order valence-corrected chi connectivity index (χ3v) is 4.93.